The Labute approximate surface area is 797 Å². The van der Waals surface area contributed by atoms with Crippen LogP contribution in [0.15, 0.2) is 0 Å². The number of piperidine rings is 8. The number of piperazine rings is 9. The fourth-order valence-electron chi connectivity index (χ4n) is 23.9. The maximum atomic E-state index is 12.9. The summed E-state index contributed by atoms with van der Waals surface area (Å²) in [5.41, 5.74) is 0. The molecular formula is C97H183N21O13S. The van der Waals surface area contributed by atoms with Crippen LogP contribution in [0.5, 0.6) is 0 Å². The third-order valence-corrected chi connectivity index (χ3v) is 33.8. The lowest BCUT2D eigenvalue weighted by Crippen LogP contribution is -2.73. The lowest BCUT2D eigenvalue weighted by molar-refractivity contribution is -0.164. The third-order valence-electron chi connectivity index (χ3n) is 32.5. The molecule has 0 aromatic rings. The number of likely N-dealkylation sites (tertiary alicyclic amines) is 7. The minimum atomic E-state index is -3.14. The van der Waals surface area contributed by atoms with Crippen molar-refractivity contribution in [3.8, 4) is 0 Å². The molecule has 0 aromatic carbocycles. The Bertz CT molecular complexity index is 3710. The van der Waals surface area contributed by atoms with Crippen LogP contribution in [-0.2, 0) is 43.4 Å². The summed E-state index contributed by atoms with van der Waals surface area (Å²) in [6, 6.07) is 10.4. The van der Waals surface area contributed by atoms with E-state index >= 15 is 0 Å². The summed E-state index contributed by atoms with van der Waals surface area (Å²) in [5.74, 6) is 2.06. The van der Waals surface area contributed by atoms with Crippen molar-refractivity contribution in [1.29, 1.82) is 0 Å². The number of urea groups is 3. The number of ether oxygens (including phenoxy) is 3. The van der Waals surface area contributed by atoms with E-state index in [-0.39, 0.29) is 92.4 Å². The molecule has 0 saturated carbocycles. The van der Waals surface area contributed by atoms with E-state index in [1.54, 1.807) is 11.8 Å². The highest BCUT2D eigenvalue weighted by Gasteiger charge is 2.56. The van der Waals surface area contributed by atoms with E-state index in [2.05, 4.69) is 164 Å². The molecule has 24 rings (SSSR count). The molecule has 12 bridgehead atoms. The van der Waals surface area contributed by atoms with Gasteiger partial charge in [-0.1, -0.05) is 44.6 Å². The maximum Gasteiger partial charge on any atom is 0.409 e. The van der Waals surface area contributed by atoms with Gasteiger partial charge in [0.05, 0.1) is 57.8 Å². The zero-order valence-electron chi connectivity index (χ0n) is 79.5. The number of fused-ring (bicyclic) bond motifs is 12. The lowest BCUT2D eigenvalue weighted by atomic mass is 9.83. The number of hydrogen-bond donors (Lipinski definition) is 0. The van der Waals surface area contributed by atoms with Crippen molar-refractivity contribution in [1.82, 2.24) is 102 Å². The highest BCUT2D eigenvalue weighted by Crippen LogP contribution is 2.42. The summed E-state index contributed by atoms with van der Waals surface area (Å²) in [6.45, 7) is 57.8. The Hall–Kier alpha value is -5.57. The molecule has 12 atom stereocenters. The molecule has 0 aliphatic carbocycles. The Morgan fingerprint density at radius 1 is 0.295 bits per heavy atom. The van der Waals surface area contributed by atoms with Crippen LogP contribution in [-0.4, -0.2) is 523 Å². The van der Waals surface area contributed by atoms with E-state index in [1.165, 1.54) is 43.4 Å². The van der Waals surface area contributed by atoms with Crippen molar-refractivity contribution in [2.45, 2.75) is 320 Å². The second-order valence-corrected chi connectivity index (χ2v) is 44.3. The molecule has 0 aromatic heterocycles. The summed E-state index contributed by atoms with van der Waals surface area (Å²) in [5, 5.41) is 0. The predicted molar refractivity (Wildman–Crippen MR) is 522 cm³/mol. The lowest BCUT2D eigenvalue weighted by Gasteiger charge is -2.58. The molecule has 24 aliphatic rings. The summed E-state index contributed by atoms with van der Waals surface area (Å²) in [7, 11) is 0.331. The molecular weight excluding hydrogens is 1700 g/mol. The van der Waals surface area contributed by atoms with E-state index in [4.69, 9.17) is 14.2 Å². The molecule has 12 unspecified atom stereocenters. The molecule has 34 nitrogen and oxygen atoms in total. The second kappa shape index (κ2) is 46.9. The second-order valence-electron chi connectivity index (χ2n) is 42.4. The zero-order chi connectivity index (χ0) is 89.8. The van der Waals surface area contributed by atoms with Gasteiger partial charge in [0.15, 0.2) is 0 Å². The van der Waals surface area contributed by atoms with E-state index < -0.39 is 10.0 Å². The minimum absolute atomic E-state index is 0. The maximum absolute atomic E-state index is 12.9. The van der Waals surface area contributed by atoms with E-state index in [0.717, 1.165) is 209 Å². The summed E-state index contributed by atoms with van der Waals surface area (Å²) >= 11 is 0. The number of rotatable bonds is 12. The molecule has 760 valence electrons. The Kier molecular flexibility index (Phi) is 39.1. The van der Waals surface area contributed by atoms with E-state index in [0.29, 0.717) is 191 Å². The number of amides is 11. The van der Waals surface area contributed by atoms with Gasteiger partial charge in [-0.15, -0.1) is 0 Å². The van der Waals surface area contributed by atoms with Crippen molar-refractivity contribution in [2.75, 3.05) is 243 Å². The molecule has 24 aliphatic heterocycles. The van der Waals surface area contributed by atoms with Crippen LogP contribution in [0.4, 0.5) is 19.2 Å². The van der Waals surface area contributed by atoms with Gasteiger partial charge in [-0.3, -0.25) is 58.4 Å². The molecule has 11 amide bonds. The van der Waals surface area contributed by atoms with Gasteiger partial charge < -0.3 is 73.0 Å². The number of nitrogens with zero attached hydrogens (tertiary/aromatic N) is 21. The summed E-state index contributed by atoms with van der Waals surface area (Å²) in [4.78, 5) is 143. The average molecular weight is 1880 g/mol. The van der Waals surface area contributed by atoms with Crippen molar-refractivity contribution in [3.63, 3.8) is 0 Å². The topological polar surface area (TPSA) is 266 Å². The highest BCUT2D eigenvalue weighted by atomic mass is 32.2. The molecule has 24 fully saturated rings. The Morgan fingerprint density at radius 2 is 0.530 bits per heavy atom. The van der Waals surface area contributed by atoms with Crippen molar-refractivity contribution in [2.24, 2.45) is 17.8 Å². The van der Waals surface area contributed by atoms with E-state index in [9.17, 15) is 46.8 Å². The molecule has 0 radical (unpaired) electrons. The normalized spacial score (nSPS) is 30.6. The van der Waals surface area contributed by atoms with Gasteiger partial charge in [-0.25, -0.2) is 27.6 Å². The van der Waals surface area contributed by atoms with Crippen LogP contribution >= 0.6 is 0 Å². The van der Waals surface area contributed by atoms with Crippen LogP contribution in [0.25, 0.3) is 0 Å². The smallest absolute Gasteiger partial charge is 0.409 e. The monoisotopic (exact) mass is 1880 g/mol. The van der Waals surface area contributed by atoms with Gasteiger partial charge in [0, 0.05) is 311 Å². The third kappa shape index (κ3) is 24.1. The molecule has 24 heterocycles. The van der Waals surface area contributed by atoms with Gasteiger partial charge >= 0.3 is 24.2 Å². The van der Waals surface area contributed by atoms with Crippen LogP contribution in [0.3, 0.4) is 0 Å². The van der Waals surface area contributed by atoms with Gasteiger partial charge in [0.25, 0.3) is 0 Å². The fourth-order valence-corrected chi connectivity index (χ4v) is 24.7. The largest absolute Gasteiger partial charge is 0.453 e. The van der Waals surface area contributed by atoms with Crippen LogP contribution in [0.1, 0.15) is 199 Å². The van der Waals surface area contributed by atoms with Crippen molar-refractivity contribution in [3.05, 3.63) is 0 Å². The van der Waals surface area contributed by atoms with Crippen LogP contribution in [0, 0.1) is 17.8 Å². The zero-order valence-corrected chi connectivity index (χ0v) is 80.3. The molecule has 0 spiro atoms. The SMILES string of the molecule is C.C.C.C.C.C.CC(=O)N1CCC(C(=O)N2C3CC2CN(C(C)C)C3)CC1.CC(C)N1CC2CC(C1)N2C(=O)C1CCN(C2COC2)CC1.CC(C)N1CC2CC(C1)N2C(=O)C1CN(C)C1.CC(C)N1CC2CC(C1)N2C(=O)N1CCN(C2COC2)CC1.CC(C)N1CC2CC(C1)N2C(=O)N1CCN(S(C)(=O)=O)CC1.COC(=O)N1CCN(C(=O)N2C3CC2CN(C(C)C)C3)CC1. The number of hydrogen-bond acceptors (Lipinski definition) is 22. The first-order valence-corrected chi connectivity index (χ1v) is 50.9. The first kappa shape index (κ1) is 110. The molecule has 0 N–H and O–H groups in total. The minimum Gasteiger partial charge on any atom is -0.453 e. The number of sulfonamides is 1. The van der Waals surface area contributed by atoms with Crippen molar-refractivity contribution >= 4 is 57.8 Å². The Morgan fingerprint density at radius 3 is 0.765 bits per heavy atom. The van der Waals surface area contributed by atoms with Crippen LogP contribution in [0.2, 0.25) is 0 Å². The molecule has 132 heavy (non-hydrogen) atoms. The summed E-state index contributed by atoms with van der Waals surface area (Å²) in [6.07, 6.45) is 11.8. The molecule has 24 saturated heterocycles. The van der Waals surface area contributed by atoms with Gasteiger partial charge in [0.2, 0.25) is 33.7 Å². The number of carbonyl (C=O) groups excluding carboxylic acids is 8. The average Bonchev–Trinajstić information content (AvgIpc) is 0.486. The first-order valence-electron chi connectivity index (χ1n) is 49.1. The first-order chi connectivity index (χ1) is 60.1. The number of methoxy groups -OCH3 is 1. The van der Waals surface area contributed by atoms with Gasteiger partial charge in [-0.05, 0) is 167 Å². The van der Waals surface area contributed by atoms with Crippen LogP contribution < -0.4 is 0 Å². The van der Waals surface area contributed by atoms with Gasteiger partial charge in [0.1, 0.15) is 0 Å². The standard InChI is InChI=1S/C17H29N3O2.C16H28N4O2.C16H27N3O2.C15H26N4O3.C14H26N4O3S.C13H23N3O.6CH4/c1-12(2)19-8-14-7-15(9-19)20(14)17(21)13-3-5-18(6-4-13)16-10-22-11-16;1-12(2)19-8-13-7-14(9-19)20(13)16(21)18-5-3-17(4-6-18)15-10-22-11-15;1-11(2)18-9-14-8-15(10-18)19(14)16(21)13-4-6-17(7-5-13)12(3)20;1-11(2)18-9-12-8-13(10-18)19(12)14(20)16-4-6-17(7-5-16)15(21)22-3;1-11(2)16-9-12-8-13(10-16)18(12)14(19)15-4-6-17(7-5-15)22(3,20)21;1-9(2)15-7-11-4-12(8-15)16(11)13(17)10-5-14(3)6-10;;;;;;/h12-16H,3-11H2,1-2H3;12-15H,3-11H2,1-2H3;11,13-15H,4-10H2,1-3H3;2*11-13H,4-10H2,1-3H3;9-12H,4-8H2,1-3H3;6*1H4. The van der Waals surface area contributed by atoms with E-state index in [1.807, 2.05) is 19.6 Å². The quantitative estimate of drug-likeness (QED) is 0.199. The Balaban J connectivity index is 0.000000177. The number of carbonyl (C=O) groups is 8. The van der Waals surface area contributed by atoms with Gasteiger partial charge in [-0.2, -0.15) is 4.31 Å². The predicted octanol–water partition coefficient (Wildman–Crippen LogP) is 6.58. The van der Waals surface area contributed by atoms with Crippen molar-refractivity contribution < 1.29 is 61.0 Å². The summed E-state index contributed by atoms with van der Waals surface area (Å²) < 4.78 is 39.8. The molecule has 35 heteroatoms. The fraction of sp³-hybridized carbons (Fsp3) is 0.918. The highest BCUT2D eigenvalue weighted by molar-refractivity contribution is 7.88.